The monoisotopic (exact) mass is 494 g/mol. The number of anilines is 1. The molecule has 35 heavy (non-hydrogen) atoms. The fraction of sp³-hybridized carbons (Fsp3) is 0.435. The van der Waals surface area contributed by atoms with Crippen LogP contribution in [0, 0.1) is 0 Å². The van der Waals surface area contributed by atoms with Crippen LogP contribution in [0.5, 0.6) is 0 Å². The van der Waals surface area contributed by atoms with E-state index < -0.39 is 18.6 Å². The number of nitrogens with zero attached hydrogens (tertiary/aromatic N) is 3. The van der Waals surface area contributed by atoms with Crippen molar-refractivity contribution in [2.24, 2.45) is 11.5 Å². The van der Waals surface area contributed by atoms with Crippen molar-refractivity contribution in [1.29, 1.82) is 0 Å². The maximum Gasteiger partial charge on any atom is 0.278 e. The molecule has 1 aromatic rings. The lowest BCUT2D eigenvalue weighted by atomic mass is 10.1. The van der Waals surface area contributed by atoms with Crippen LogP contribution >= 0.6 is 0 Å². The van der Waals surface area contributed by atoms with Gasteiger partial charge in [0, 0.05) is 55.8 Å². The molecule has 2 aliphatic rings. The summed E-state index contributed by atoms with van der Waals surface area (Å²) in [5, 5.41) is 2.97. The van der Waals surface area contributed by atoms with Crippen molar-refractivity contribution in [3.8, 4) is 0 Å². The number of hydrogen-bond donors (Lipinski definition) is 3. The number of nitrogens with one attached hydrogen (secondary N) is 1. The van der Waals surface area contributed by atoms with E-state index in [9.17, 15) is 18.4 Å². The number of carbonyl (C=O) groups is 2. The molecule has 0 radical (unpaired) electrons. The van der Waals surface area contributed by atoms with Gasteiger partial charge >= 0.3 is 0 Å². The summed E-state index contributed by atoms with van der Waals surface area (Å²) in [4.78, 5) is 30.2. The minimum atomic E-state index is -2.99. The van der Waals surface area contributed by atoms with Gasteiger partial charge in [-0.15, -0.1) is 0 Å². The average Bonchev–Trinajstić information content (AvgIpc) is 3.39. The molecule has 192 valence electrons. The van der Waals surface area contributed by atoms with E-state index >= 15 is 0 Å². The maximum absolute atomic E-state index is 12.9. The Balaban J connectivity index is 0.000000456. The Hall–Kier alpha value is -3.83. The molecule has 1 aromatic heterocycles. The molecular formula is C23H32F2N6O4. The molecule has 10 nitrogen and oxygen atoms in total. The smallest absolute Gasteiger partial charge is 0.278 e. The molecule has 0 saturated carbocycles. The van der Waals surface area contributed by atoms with Gasteiger partial charge < -0.3 is 36.1 Å². The molecule has 12 heteroatoms. The number of aldehydes is 1. The average molecular weight is 495 g/mol. The molecule has 3 heterocycles. The molecule has 0 bridgehead atoms. The Kier molecular flexibility index (Phi) is 9.04. The third-order valence-corrected chi connectivity index (χ3v) is 5.21. The van der Waals surface area contributed by atoms with Crippen LogP contribution in [0.25, 0.3) is 0 Å². The Bertz CT molecular complexity index is 1040. The van der Waals surface area contributed by atoms with Gasteiger partial charge in [0.05, 0.1) is 12.6 Å². The fourth-order valence-corrected chi connectivity index (χ4v) is 3.25. The number of nitrogens with two attached hydrogens (primary N) is 2. The fourth-order valence-electron chi connectivity index (χ4n) is 3.25. The number of alkyl halides is 2. The largest absolute Gasteiger partial charge is 0.473 e. The molecule has 5 N–H and O–H groups in total. The summed E-state index contributed by atoms with van der Waals surface area (Å²) in [5.41, 5.74) is 14.0. The molecule has 0 spiro atoms. The summed E-state index contributed by atoms with van der Waals surface area (Å²) >= 11 is 0. The van der Waals surface area contributed by atoms with Crippen molar-refractivity contribution in [1.82, 2.24) is 14.8 Å². The van der Waals surface area contributed by atoms with Gasteiger partial charge in [-0.3, -0.25) is 9.59 Å². The Morgan fingerprint density at radius 1 is 1.43 bits per heavy atom. The molecule has 1 amide bonds. The highest BCUT2D eigenvalue weighted by atomic mass is 19.3. The first-order valence-electron chi connectivity index (χ1n) is 10.8. The number of carbonyl (C=O) groups excluding carboxylic acids is 2. The Morgan fingerprint density at radius 2 is 2.11 bits per heavy atom. The van der Waals surface area contributed by atoms with Crippen LogP contribution in [0.1, 0.15) is 36.7 Å². The van der Waals surface area contributed by atoms with E-state index in [-0.39, 0.29) is 11.8 Å². The number of fused-ring (bicyclic) bond motifs is 1. The Labute approximate surface area is 203 Å². The third kappa shape index (κ3) is 7.33. The second-order valence-corrected chi connectivity index (χ2v) is 8.27. The van der Waals surface area contributed by atoms with Crippen LogP contribution in [0.15, 0.2) is 47.5 Å². The lowest BCUT2D eigenvalue weighted by Gasteiger charge is -2.25. The van der Waals surface area contributed by atoms with E-state index in [1.54, 1.807) is 49.2 Å². The number of hydrogen-bond acceptors (Lipinski definition) is 9. The maximum atomic E-state index is 12.9. The molecule has 0 aromatic carbocycles. The van der Waals surface area contributed by atoms with E-state index in [4.69, 9.17) is 20.9 Å². The minimum Gasteiger partial charge on any atom is -0.473 e. The van der Waals surface area contributed by atoms with Gasteiger partial charge in [0.1, 0.15) is 5.82 Å². The zero-order valence-corrected chi connectivity index (χ0v) is 20.5. The van der Waals surface area contributed by atoms with Crippen molar-refractivity contribution in [3.63, 3.8) is 0 Å². The number of allylic oxidation sites excluding steroid dienone is 3. The predicted octanol–water partition coefficient (Wildman–Crippen LogP) is 2.12. The predicted molar refractivity (Wildman–Crippen MR) is 127 cm³/mol. The van der Waals surface area contributed by atoms with Gasteiger partial charge in [0.2, 0.25) is 0 Å². The van der Waals surface area contributed by atoms with Crippen LogP contribution < -0.4 is 16.8 Å². The summed E-state index contributed by atoms with van der Waals surface area (Å²) in [6.45, 7) is 4.17. The second-order valence-electron chi connectivity index (χ2n) is 8.27. The normalized spacial score (nSPS) is 16.9. The lowest BCUT2D eigenvalue weighted by molar-refractivity contribution is -0.107. The van der Waals surface area contributed by atoms with E-state index in [2.05, 4.69) is 10.3 Å². The van der Waals surface area contributed by atoms with E-state index in [0.717, 1.165) is 12.5 Å². The number of ether oxygens (including phenoxy) is 2. The van der Waals surface area contributed by atoms with Gasteiger partial charge in [0.15, 0.2) is 31.3 Å². The standard InChI is InChI=1S/C18H25F2N5O2.C5H7NO2/c1-10(15(22)27-9-18(3,19)20)7-14(21)11(2)25-8-13-12(17(25)26)5-6-24-16(13)23-4;1-6-2-5(3-7)8-4-6/h5-7,11H,8-9,21-22H2,1-4H3,(H,23,24);2-3H,4H2,1H3/b14-7-,15-10+;. The minimum absolute atomic E-state index is 0.135. The van der Waals surface area contributed by atoms with Crippen LogP contribution in [-0.2, 0) is 20.8 Å². The van der Waals surface area contributed by atoms with Crippen molar-refractivity contribution >= 4 is 18.0 Å². The molecule has 0 saturated heterocycles. The topological polar surface area (TPSA) is 136 Å². The van der Waals surface area contributed by atoms with E-state index in [0.29, 0.717) is 48.0 Å². The molecule has 2 aliphatic heterocycles. The summed E-state index contributed by atoms with van der Waals surface area (Å²) in [6, 6.07) is 1.25. The van der Waals surface area contributed by atoms with E-state index in [1.165, 1.54) is 6.08 Å². The quantitative estimate of drug-likeness (QED) is 0.282. The van der Waals surface area contributed by atoms with Crippen molar-refractivity contribution < 1.29 is 27.8 Å². The second kappa shape index (κ2) is 11.5. The lowest BCUT2D eigenvalue weighted by Crippen LogP contribution is -2.37. The van der Waals surface area contributed by atoms with Crippen molar-refractivity contribution in [2.45, 2.75) is 39.3 Å². The first-order chi connectivity index (χ1) is 16.4. The molecule has 1 atom stereocenters. The molecule has 1 unspecified atom stereocenters. The first kappa shape index (κ1) is 27.4. The highest BCUT2D eigenvalue weighted by molar-refractivity contribution is 6.00. The van der Waals surface area contributed by atoms with Crippen LogP contribution in [-0.4, -0.2) is 66.4 Å². The number of amides is 1. The number of rotatable bonds is 8. The van der Waals surface area contributed by atoms with Crippen molar-refractivity contribution in [2.75, 3.05) is 32.7 Å². The summed E-state index contributed by atoms with van der Waals surface area (Å²) in [7, 11) is 3.58. The summed E-state index contributed by atoms with van der Waals surface area (Å²) in [5.74, 6) is -2.21. The number of aromatic nitrogens is 1. The SMILES string of the molecule is CN1C=C(C=O)OC1.CNc1nccc2c1CN(C(C)/C(N)=C/C(C)=C(\N)OCC(C)(F)F)C2=O. The van der Waals surface area contributed by atoms with Gasteiger partial charge in [-0.25, -0.2) is 13.8 Å². The molecule has 0 fully saturated rings. The van der Waals surface area contributed by atoms with Gasteiger partial charge in [-0.05, 0) is 26.0 Å². The van der Waals surface area contributed by atoms with E-state index in [1.807, 2.05) is 7.05 Å². The summed E-state index contributed by atoms with van der Waals surface area (Å²) < 4.78 is 35.5. The molecule has 3 rings (SSSR count). The summed E-state index contributed by atoms with van der Waals surface area (Å²) in [6.07, 6.45) is 5.46. The van der Waals surface area contributed by atoms with Crippen LogP contribution in [0.2, 0.25) is 0 Å². The van der Waals surface area contributed by atoms with Gasteiger partial charge in [-0.1, -0.05) is 0 Å². The zero-order valence-electron chi connectivity index (χ0n) is 20.5. The van der Waals surface area contributed by atoms with Crippen LogP contribution in [0.3, 0.4) is 0 Å². The zero-order chi connectivity index (χ0) is 26.3. The molecular weight excluding hydrogens is 462 g/mol. The van der Waals surface area contributed by atoms with Crippen molar-refractivity contribution in [3.05, 3.63) is 58.6 Å². The molecule has 0 aliphatic carbocycles. The van der Waals surface area contributed by atoms with Gasteiger partial charge in [0.25, 0.3) is 11.8 Å². The van der Waals surface area contributed by atoms with Gasteiger partial charge in [-0.2, -0.15) is 0 Å². The van der Waals surface area contributed by atoms with Crippen LogP contribution in [0.4, 0.5) is 14.6 Å². The highest BCUT2D eigenvalue weighted by Crippen LogP contribution is 2.30. The first-order valence-corrected chi connectivity index (χ1v) is 10.8. The highest BCUT2D eigenvalue weighted by Gasteiger charge is 2.33. The third-order valence-electron chi connectivity index (χ3n) is 5.21. The number of pyridine rings is 1. The number of halogens is 2. The Morgan fingerprint density at radius 3 is 2.63 bits per heavy atom.